The van der Waals surface area contributed by atoms with E-state index in [1.54, 1.807) is 5.56 Å². The smallest absolute Gasteiger partial charge is 0.0703 e. The third kappa shape index (κ3) is 2.13. The second-order valence-corrected chi connectivity index (χ2v) is 5.67. The van der Waals surface area contributed by atoms with E-state index < -0.39 is 0 Å². The number of nitrogens with one attached hydrogen (secondary N) is 2. The summed E-state index contributed by atoms with van der Waals surface area (Å²) in [5.41, 5.74) is 4.26. The zero-order chi connectivity index (χ0) is 11.7. The lowest BCUT2D eigenvalue weighted by molar-refractivity contribution is 0.450. The van der Waals surface area contributed by atoms with Crippen molar-refractivity contribution >= 4 is 0 Å². The van der Waals surface area contributed by atoms with Gasteiger partial charge in [-0.25, -0.2) is 0 Å². The maximum absolute atomic E-state index is 4.62. The minimum absolute atomic E-state index is 0.643. The molecule has 1 aliphatic carbocycles. The minimum Gasteiger partial charge on any atom is -0.316 e. The summed E-state index contributed by atoms with van der Waals surface area (Å²) in [6, 6.07) is 0. The van der Waals surface area contributed by atoms with Crippen LogP contribution < -0.4 is 5.32 Å². The molecule has 1 aromatic heterocycles. The summed E-state index contributed by atoms with van der Waals surface area (Å²) in [5.74, 6) is 1.43. The van der Waals surface area contributed by atoms with E-state index in [9.17, 15) is 0 Å². The molecule has 3 rings (SSSR count). The summed E-state index contributed by atoms with van der Waals surface area (Å²) in [5, 5.41) is 11.4. The van der Waals surface area contributed by atoms with Gasteiger partial charge >= 0.3 is 0 Å². The molecule has 2 heterocycles. The lowest BCUT2D eigenvalue weighted by Crippen LogP contribution is -2.29. The first-order valence-corrected chi connectivity index (χ1v) is 7.11. The Hall–Kier alpha value is -0.830. The molecule has 1 saturated heterocycles. The highest BCUT2D eigenvalue weighted by molar-refractivity contribution is 5.32. The topological polar surface area (TPSA) is 40.7 Å². The number of nitrogens with zero attached hydrogens (tertiary/aromatic N) is 1. The van der Waals surface area contributed by atoms with Crippen molar-refractivity contribution in [1.29, 1.82) is 0 Å². The van der Waals surface area contributed by atoms with Crippen LogP contribution in [0.25, 0.3) is 0 Å². The van der Waals surface area contributed by atoms with E-state index in [-0.39, 0.29) is 0 Å². The molecule has 94 valence electrons. The van der Waals surface area contributed by atoms with Gasteiger partial charge in [0.05, 0.1) is 5.69 Å². The maximum atomic E-state index is 4.62. The van der Waals surface area contributed by atoms with E-state index in [4.69, 9.17) is 0 Å². The molecule has 1 aliphatic heterocycles. The van der Waals surface area contributed by atoms with Gasteiger partial charge in [0, 0.05) is 18.2 Å². The molecule has 2 N–H and O–H groups in total. The fourth-order valence-corrected chi connectivity index (χ4v) is 3.58. The number of hydrogen-bond donors (Lipinski definition) is 2. The van der Waals surface area contributed by atoms with Gasteiger partial charge in [-0.2, -0.15) is 5.10 Å². The van der Waals surface area contributed by atoms with Gasteiger partial charge in [0.15, 0.2) is 0 Å². The Balaban J connectivity index is 1.87. The monoisotopic (exact) mass is 233 g/mol. The van der Waals surface area contributed by atoms with Crippen molar-refractivity contribution in [1.82, 2.24) is 15.5 Å². The molecule has 0 radical (unpaired) electrons. The maximum Gasteiger partial charge on any atom is 0.0703 e. The number of aromatic amines is 1. The molecule has 1 unspecified atom stereocenters. The Morgan fingerprint density at radius 3 is 2.53 bits per heavy atom. The van der Waals surface area contributed by atoms with E-state index in [0.717, 1.165) is 12.5 Å². The molecule has 0 amide bonds. The molecule has 1 saturated carbocycles. The quantitative estimate of drug-likeness (QED) is 0.824. The van der Waals surface area contributed by atoms with Gasteiger partial charge in [-0.1, -0.05) is 12.8 Å². The summed E-state index contributed by atoms with van der Waals surface area (Å²) >= 11 is 0. The molecule has 3 nitrogen and oxygen atoms in total. The van der Waals surface area contributed by atoms with Crippen molar-refractivity contribution in [3.63, 3.8) is 0 Å². The van der Waals surface area contributed by atoms with Crippen LogP contribution in [0, 0.1) is 6.92 Å². The average Bonchev–Trinajstić information content (AvgIpc) is 2.99. The molecule has 2 aliphatic rings. The summed E-state index contributed by atoms with van der Waals surface area (Å²) in [4.78, 5) is 0. The van der Waals surface area contributed by atoms with Gasteiger partial charge in [-0.3, -0.25) is 5.10 Å². The van der Waals surface area contributed by atoms with Gasteiger partial charge < -0.3 is 5.32 Å². The van der Waals surface area contributed by atoms with Crippen molar-refractivity contribution in [3.05, 3.63) is 17.0 Å². The second kappa shape index (κ2) is 4.81. The van der Waals surface area contributed by atoms with E-state index in [2.05, 4.69) is 22.4 Å². The van der Waals surface area contributed by atoms with Crippen LogP contribution >= 0.6 is 0 Å². The lowest BCUT2D eigenvalue weighted by atomic mass is 9.87. The highest BCUT2D eigenvalue weighted by atomic mass is 15.1. The van der Waals surface area contributed by atoms with Crippen molar-refractivity contribution in [2.75, 3.05) is 13.1 Å². The number of H-pyrrole nitrogens is 1. The molecule has 0 bridgehead atoms. The van der Waals surface area contributed by atoms with E-state index in [0.29, 0.717) is 5.92 Å². The van der Waals surface area contributed by atoms with E-state index in [1.165, 1.54) is 56.5 Å². The Morgan fingerprint density at radius 1 is 1.06 bits per heavy atom. The molecule has 3 heteroatoms. The standard InChI is InChI=1S/C14H23N3/c1-10-13(11-5-2-3-6-11)14(17-16-10)12-7-4-8-15-9-12/h11-12,15H,2-9H2,1H3,(H,16,17). The number of piperidine rings is 1. The minimum atomic E-state index is 0.643. The van der Waals surface area contributed by atoms with Crippen LogP contribution in [0.3, 0.4) is 0 Å². The lowest BCUT2D eigenvalue weighted by Gasteiger charge is -2.23. The zero-order valence-electron chi connectivity index (χ0n) is 10.8. The van der Waals surface area contributed by atoms with Crippen molar-refractivity contribution in [2.24, 2.45) is 0 Å². The Labute approximate surface area is 103 Å². The normalized spacial score (nSPS) is 26.5. The van der Waals surface area contributed by atoms with Crippen molar-refractivity contribution in [2.45, 2.75) is 57.3 Å². The first-order valence-electron chi connectivity index (χ1n) is 7.11. The second-order valence-electron chi connectivity index (χ2n) is 5.67. The highest BCUT2D eigenvalue weighted by Crippen LogP contribution is 2.39. The van der Waals surface area contributed by atoms with Crippen LogP contribution in [-0.4, -0.2) is 23.3 Å². The molecule has 0 spiro atoms. The van der Waals surface area contributed by atoms with Crippen molar-refractivity contribution in [3.8, 4) is 0 Å². The zero-order valence-corrected chi connectivity index (χ0v) is 10.8. The molecule has 0 aromatic carbocycles. The van der Waals surface area contributed by atoms with Crippen LogP contribution in [0.15, 0.2) is 0 Å². The average molecular weight is 233 g/mol. The van der Waals surface area contributed by atoms with Crippen LogP contribution in [0.1, 0.15) is 67.3 Å². The first kappa shape index (κ1) is 11.3. The van der Waals surface area contributed by atoms with E-state index in [1.807, 2.05) is 0 Å². The first-order chi connectivity index (χ1) is 8.36. The van der Waals surface area contributed by atoms with Gasteiger partial charge in [-0.15, -0.1) is 0 Å². The summed E-state index contributed by atoms with van der Waals surface area (Å²) in [6.45, 7) is 4.49. The molecular weight excluding hydrogens is 210 g/mol. The molecule has 1 atom stereocenters. The number of aromatic nitrogens is 2. The number of rotatable bonds is 2. The van der Waals surface area contributed by atoms with Crippen LogP contribution in [0.5, 0.6) is 0 Å². The van der Waals surface area contributed by atoms with Crippen LogP contribution in [-0.2, 0) is 0 Å². The Kier molecular flexibility index (Phi) is 3.19. The fourth-order valence-electron chi connectivity index (χ4n) is 3.58. The third-order valence-electron chi connectivity index (χ3n) is 4.47. The van der Waals surface area contributed by atoms with Gasteiger partial charge in [0.25, 0.3) is 0 Å². The van der Waals surface area contributed by atoms with Crippen LogP contribution in [0.4, 0.5) is 0 Å². The predicted octanol–water partition coefficient (Wildman–Crippen LogP) is 2.84. The van der Waals surface area contributed by atoms with Gasteiger partial charge in [-0.05, 0) is 50.6 Å². The number of hydrogen-bond acceptors (Lipinski definition) is 2. The molecular formula is C14H23N3. The summed E-state index contributed by atoms with van der Waals surface area (Å²) in [7, 11) is 0. The van der Waals surface area contributed by atoms with Crippen molar-refractivity contribution < 1.29 is 0 Å². The number of aryl methyl sites for hydroxylation is 1. The predicted molar refractivity (Wildman–Crippen MR) is 69.4 cm³/mol. The van der Waals surface area contributed by atoms with Crippen LogP contribution in [0.2, 0.25) is 0 Å². The SMILES string of the molecule is Cc1[nH]nc(C2CCCNC2)c1C1CCCC1. The molecule has 17 heavy (non-hydrogen) atoms. The Morgan fingerprint density at radius 2 is 1.82 bits per heavy atom. The molecule has 1 aromatic rings. The van der Waals surface area contributed by atoms with Gasteiger partial charge in [0.1, 0.15) is 0 Å². The van der Waals surface area contributed by atoms with Gasteiger partial charge in [0.2, 0.25) is 0 Å². The summed E-state index contributed by atoms with van der Waals surface area (Å²) in [6.07, 6.45) is 8.13. The summed E-state index contributed by atoms with van der Waals surface area (Å²) < 4.78 is 0. The fraction of sp³-hybridized carbons (Fsp3) is 0.786. The molecule has 2 fully saturated rings. The third-order valence-corrected chi connectivity index (χ3v) is 4.47. The largest absolute Gasteiger partial charge is 0.316 e. The van der Waals surface area contributed by atoms with E-state index >= 15 is 0 Å². The Bertz CT molecular complexity index is 371. The highest BCUT2D eigenvalue weighted by Gasteiger charge is 2.28.